The summed E-state index contributed by atoms with van der Waals surface area (Å²) in [5, 5.41) is 0. The van der Waals surface area contributed by atoms with E-state index in [2.05, 4.69) is 6.92 Å². The second-order valence-electron chi connectivity index (χ2n) is 4.02. The molecule has 2 saturated heterocycles. The predicted octanol–water partition coefficient (Wildman–Crippen LogP) is 0.800. The van der Waals surface area contributed by atoms with Gasteiger partial charge in [-0.05, 0) is 12.8 Å². The van der Waals surface area contributed by atoms with Gasteiger partial charge in [0, 0.05) is 6.61 Å². The Morgan fingerprint density at radius 1 is 1.20 bits per heavy atom. The quantitative estimate of drug-likeness (QED) is 0.421. The van der Waals surface area contributed by atoms with Crippen LogP contribution in [0, 0.1) is 6.92 Å². The smallest absolute Gasteiger partial charge is 0.104 e. The standard InChI is InChI=1S/C11H19O4/c1-2-9(13-7-11-8-15-11)3-4-12-5-10-6-14-10/h9-11H,1-8H2. The van der Waals surface area contributed by atoms with Gasteiger partial charge >= 0.3 is 0 Å². The van der Waals surface area contributed by atoms with Gasteiger partial charge in [0.15, 0.2) is 0 Å². The number of ether oxygens (including phenoxy) is 4. The molecule has 2 fully saturated rings. The van der Waals surface area contributed by atoms with Crippen molar-refractivity contribution in [3.05, 3.63) is 6.92 Å². The summed E-state index contributed by atoms with van der Waals surface area (Å²) in [6.07, 6.45) is 2.58. The fourth-order valence-corrected chi connectivity index (χ4v) is 1.31. The first-order chi connectivity index (χ1) is 7.38. The minimum atomic E-state index is 0.203. The van der Waals surface area contributed by atoms with Crippen molar-refractivity contribution < 1.29 is 18.9 Å². The van der Waals surface area contributed by atoms with Crippen LogP contribution in [0.4, 0.5) is 0 Å². The molecule has 3 unspecified atom stereocenters. The molecule has 4 heteroatoms. The summed E-state index contributed by atoms with van der Waals surface area (Å²) < 4.78 is 21.2. The SMILES string of the molecule is [CH2]CC(CCOCC1CO1)OCC1CO1. The Kier molecular flexibility index (Phi) is 4.38. The average molecular weight is 215 g/mol. The van der Waals surface area contributed by atoms with E-state index in [1.165, 1.54) is 0 Å². The highest BCUT2D eigenvalue weighted by Gasteiger charge is 2.24. The van der Waals surface area contributed by atoms with E-state index in [0.717, 1.165) is 39.3 Å². The highest BCUT2D eigenvalue weighted by atomic mass is 16.6. The van der Waals surface area contributed by atoms with E-state index >= 15 is 0 Å². The van der Waals surface area contributed by atoms with Crippen LogP contribution in [0.1, 0.15) is 12.8 Å². The zero-order valence-electron chi connectivity index (χ0n) is 9.02. The molecule has 4 nitrogen and oxygen atoms in total. The van der Waals surface area contributed by atoms with Crippen LogP contribution >= 0.6 is 0 Å². The summed E-state index contributed by atoms with van der Waals surface area (Å²) in [7, 11) is 0. The van der Waals surface area contributed by atoms with Crippen molar-refractivity contribution in [2.24, 2.45) is 0 Å². The van der Waals surface area contributed by atoms with Crippen molar-refractivity contribution in [1.29, 1.82) is 0 Å². The number of epoxide rings is 2. The predicted molar refractivity (Wildman–Crippen MR) is 54.6 cm³/mol. The lowest BCUT2D eigenvalue weighted by Gasteiger charge is -2.15. The Morgan fingerprint density at radius 3 is 2.47 bits per heavy atom. The van der Waals surface area contributed by atoms with E-state index in [0.29, 0.717) is 18.8 Å². The summed E-state index contributed by atoms with van der Waals surface area (Å²) in [5.74, 6) is 0. The molecular weight excluding hydrogens is 196 g/mol. The first-order valence-electron chi connectivity index (χ1n) is 5.60. The van der Waals surface area contributed by atoms with Gasteiger partial charge in [-0.1, -0.05) is 6.92 Å². The second-order valence-corrected chi connectivity index (χ2v) is 4.02. The molecule has 2 heterocycles. The van der Waals surface area contributed by atoms with Gasteiger partial charge in [-0.25, -0.2) is 0 Å². The molecule has 0 aliphatic carbocycles. The molecule has 2 rings (SSSR count). The van der Waals surface area contributed by atoms with E-state index < -0.39 is 0 Å². The van der Waals surface area contributed by atoms with Crippen molar-refractivity contribution >= 4 is 0 Å². The Morgan fingerprint density at radius 2 is 1.87 bits per heavy atom. The van der Waals surface area contributed by atoms with E-state index in [9.17, 15) is 0 Å². The molecule has 0 aromatic carbocycles. The van der Waals surface area contributed by atoms with Gasteiger partial charge in [-0.15, -0.1) is 0 Å². The van der Waals surface area contributed by atoms with Gasteiger partial charge in [-0.3, -0.25) is 0 Å². The van der Waals surface area contributed by atoms with Crippen LogP contribution in [0.25, 0.3) is 0 Å². The van der Waals surface area contributed by atoms with Crippen LogP contribution in [0.15, 0.2) is 0 Å². The van der Waals surface area contributed by atoms with Gasteiger partial charge < -0.3 is 18.9 Å². The maximum atomic E-state index is 5.64. The molecule has 1 radical (unpaired) electrons. The van der Waals surface area contributed by atoms with Crippen LogP contribution in [0.2, 0.25) is 0 Å². The van der Waals surface area contributed by atoms with Gasteiger partial charge in [0.2, 0.25) is 0 Å². The van der Waals surface area contributed by atoms with Crippen molar-refractivity contribution in [1.82, 2.24) is 0 Å². The molecule has 15 heavy (non-hydrogen) atoms. The molecular formula is C11H19O4. The van der Waals surface area contributed by atoms with E-state index in [1.807, 2.05) is 0 Å². The van der Waals surface area contributed by atoms with E-state index in [-0.39, 0.29) is 6.10 Å². The summed E-state index contributed by atoms with van der Waals surface area (Å²) in [6.45, 7) is 7.71. The lowest BCUT2D eigenvalue weighted by Crippen LogP contribution is -2.18. The molecule has 0 saturated carbocycles. The zero-order chi connectivity index (χ0) is 10.5. The Balaban J connectivity index is 1.45. The maximum absolute atomic E-state index is 5.64. The van der Waals surface area contributed by atoms with Crippen LogP contribution in [-0.2, 0) is 18.9 Å². The molecule has 0 N–H and O–H groups in total. The van der Waals surface area contributed by atoms with Gasteiger partial charge in [0.05, 0.1) is 32.5 Å². The molecule has 0 amide bonds. The maximum Gasteiger partial charge on any atom is 0.104 e. The topological polar surface area (TPSA) is 43.5 Å². The average Bonchev–Trinajstić information content (AvgIpc) is 3.11. The van der Waals surface area contributed by atoms with Crippen molar-refractivity contribution in [2.45, 2.75) is 31.2 Å². The molecule has 87 valence electrons. The third-order valence-electron chi connectivity index (χ3n) is 2.53. The second kappa shape index (κ2) is 5.80. The van der Waals surface area contributed by atoms with Crippen LogP contribution < -0.4 is 0 Å². The molecule has 0 aromatic rings. The van der Waals surface area contributed by atoms with Crippen LogP contribution in [0.3, 0.4) is 0 Å². The van der Waals surface area contributed by atoms with Gasteiger partial charge in [-0.2, -0.15) is 0 Å². The summed E-state index contributed by atoms with van der Waals surface area (Å²) >= 11 is 0. The third kappa shape index (κ3) is 4.93. The lowest BCUT2D eigenvalue weighted by molar-refractivity contribution is 0.0137. The van der Waals surface area contributed by atoms with Gasteiger partial charge in [0.25, 0.3) is 0 Å². The van der Waals surface area contributed by atoms with Crippen LogP contribution in [-0.4, -0.2) is 51.3 Å². The summed E-state index contributed by atoms with van der Waals surface area (Å²) in [6, 6.07) is 0. The highest BCUT2D eigenvalue weighted by molar-refractivity contribution is 4.70. The van der Waals surface area contributed by atoms with E-state index in [4.69, 9.17) is 18.9 Å². The first-order valence-corrected chi connectivity index (χ1v) is 5.60. The normalized spacial score (nSPS) is 30.2. The first kappa shape index (κ1) is 11.3. The Hall–Kier alpha value is -0.160. The minimum Gasteiger partial charge on any atom is -0.379 e. The molecule has 2 aliphatic rings. The fourth-order valence-electron chi connectivity index (χ4n) is 1.31. The lowest BCUT2D eigenvalue weighted by atomic mass is 10.2. The van der Waals surface area contributed by atoms with Crippen molar-refractivity contribution in [3.8, 4) is 0 Å². The molecule has 2 aliphatic heterocycles. The zero-order valence-corrected chi connectivity index (χ0v) is 9.02. The number of hydrogen-bond donors (Lipinski definition) is 0. The fraction of sp³-hybridized carbons (Fsp3) is 0.909. The number of rotatable bonds is 9. The molecule has 0 aromatic heterocycles. The number of hydrogen-bond acceptors (Lipinski definition) is 4. The summed E-state index contributed by atoms with van der Waals surface area (Å²) in [4.78, 5) is 0. The molecule has 0 bridgehead atoms. The van der Waals surface area contributed by atoms with Crippen molar-refractivity contribution in [2.75, 3.05) is 33.0 Å². The largest absolute Gasteiger partial charge is 0.379 e. The van der Waals surface area contributed by atoms with Crippen molar-refractivity contribution in [3.63, 3.8) is 0 Å². The molecule has 3 atom stereocenters. The highest BCUT2D eigenvalue weighted by Crippen LogP contribution is 2.13. The Labute approximate surface area is 90.8 Å². The third-order valence-corrected chi connectivity index (χ3v) is 2.53. The molecule has 0 spiro atoms. The Bertz CT molecular complexity index is 177. The van der Waals surface area contributed by atoms with Crippen LogP contribution in [0.5, 0.6) is 0 Å². The minimum absolute atomic E-state index is 0.203. The van der Waals surface area contributed by atoms with Gasteiger partial charge in [0.1, 0.15) is 12.2 Å². The van der Waals surface area contributed by atoms with E-state index in [1.54, 1.807) is 0 Å². The summed E-state index contributed by atoms with van der Waals surface area (Å²) in [5.41, 5.74) is 0. The monoisotopic (exact) mass is 215 g/mol.